The lowest BCUT2D eigenvalue weighted by atomic mass is 10.0. The number of nitrogens with two attached hydrogens (primary N) is 3. The van der Waals surface area contributed by atoms with Gasteiger partial charge in [-0.25, -0.2) is 3.53 Å². The van der Waals surface area contributed by atoms with Gasteiger partial charge in [-0.2, -0.15) is 0 Å². The number of carbonyl (C=O) groups excluding carboxylic acids is 9. The molecule has 0 spiro atoms. The SMILES string of the molecule is NC(=O)[C@H](CCCCNC(=O)COCCOCCNC(=O)COCCOCCNC(=O)COCCOCCNC(=O)COCCOCCNC(=O)COCCOCCNC(=O)[C@@H](N)CCCCNC(=O)[C@@H](N)CCCCNC(=O)CCCCCCCCCCCCCCCCCCC(=O)O)NI. The third-order valence-corrected chi connectivity index (χ3v) is 16.0. The predicted molar refractivity (Wildman–Crippen MR) is 391 cm³/mol. The lowest BCUT2D eigenvalue weighted by Crippen LogP contribution is -2.42. The van der Waals surface area contributed by atoms with Crippen LogP contribution in [0.15, 0.2) is 0 Å². The van der Waals surface area contributed by atoms with Crippen LogP contribution < -0.4 is 63.3 Å². The van der Waals surface area contributed by atoms with Crippen molar-refractivity contribution in [3.63, 3.8) is 0 Å². The van der Waals surface area contributed by atoms with E-state index >= 15 is 0 Å². The average Bonchev–Trinajstić information content (AvgIpc) is 2.84. The number of carbonyl (C=O) groups is 10. The summed E-state index contributed by atoms with van der Waals surface area (Å²) in [5, 5.41) is 30.6. The summed E-state index contributed by atoms with van der Waals surface area (Å²) in [6.45, 7) is 5.20. The van der Waals surface area contributed by atoms with Gasteiger partial charge in [-0.05, 0) is 70.6 Å². The molecule has 0 bridgehead atoms. The van der Waals surface area contributed by atoms with Gasteiger partial charge in [0.1, 0.15) is 33.0 Å². The maximum atomic E-state index is 12.5. The highest BCUT2D eigenvalue weighted by Gasteiger charge is 2.16. The van der Waals surface area contributed by atoms with E-state index < -0.39 is 30.0 Å². The Morgan fingerprint density at radius 2 is 0.529 bits per heavy atom. The summed E-state index contributed by atoms with van der Waals surface area (Å²) in [6.07, 6.45) is 25.4. The van der Waals surface area contributed by atoms with Crippen molar-refractivity contribution in [1.29, 1.82) is 0 Å². The molecule has 0 fully saturated rings. The summed E-state index contributed by atoms with van der Waals surface area (Å²) in [6, 6.07) is -1.73. The number of hydrogen-bond donors (Lipinski definition) is 13. The van der Waals surface area contributed by atoms with Crippen LogP contribution in [0.25, 0.3) is 0 Å². The fourth-order valence-electron chi connectivity index (χ4n) is 9.50. The van der Waals surface area contributed by atoms with E-state index in [0.29, 0.717) is 71.0 Å². The molecule has 0 radical (unpaired) electrons. The fourth-order valence-corrected chi connectivity index (χ4v) is 10.1. The zero-order chi connectivity index (χ0) is 74.8. The second-order valence-corrected chi connectivity index (χ2v) is 24.9. The number of primary amides is 1. The molecule has 0 heterocycles. The first-order valence-corrected chi connectivity index (χ1v) is 37.9. The molecule has 0 aromatic carbocycles. The van der Waals surface area contributed by atoms with Gasteiger partial charge in [0.25, 0.3) is 0 Å². The van der Waals surface area contributed by atoms with Gasteiger partial charge < -0.3 is 112 Å². The molecule has 0 unspecified atom stereocenters. The first kappa shape index (κ1) is 96.9. The van der Waals surface area contributed by atoms with Crippen LogP contribution >= 0.6 is 22.9 Å². The number of halogens is 1. The van der Waals surface area contributed by atoms with Crippen molar-refractivity contribution in [1.82, 2.24) is 46.1 Å². The minimum atomic E-state index is -0.702. The van der Waals surface area contributed by atoms with Crippen molar-refractivity contribution < 1.29 is 100 Å². The third kappa shape index (κ3) is 70.6. The Morgan fingerprint density at radius 3 is 0.833 bits per heavy atom. The molecule has 0 aromatic heterocycles. The van der Waals surface area contributed by atoms with Crippen LogP contribution in [0.4, 0.5) is 0 Å². The molecule has 102 heavy (non-hydrogen) atoms. The fraction of sp³-hybridized carbons (Fsp3) is 0.853. The van der Waals surface area contributed by atoms with Crippen LogP contribution in [0, 0.1) is 0 Å². The van der Waals surface area contributed by atoms with Crippen molar-refractivity contribution in [2.45, 2.75) is 191 Å². The Morgan fingerprint density at radius 1 is 0.284 bits per heavy atom. The lowest BCUT2D eigenvalue weighted by Gasteiger charge is -2.14. The topological polar surface area (TPSA) is 470 Å². The molecule has 0 saturated carbocycles. The number of carboxylic acids is 1. The molecule has 0 rings (SSSR count). The van der Waals surface area contributed by atoms with E-state index in [4.69, 9.17) is 69.7 Å². The van der Waals surface area contributed by atoms with E-state index in [0.717, 1.165) is 57.8 Å². The first-order valence-electron chi connectivity index (χ1n) is 36.9. The molecule has 594 valence electrons. The smallest absolute Gasteiger partial charge is 0.303 e. The van der Waals surface area contributed by atoms with E-state index in [1.807, 2.05) is 22.9 Å². The summed E-state index contributed by atoms with van der Waals surface area (Å²) in [4.78, 5) is 119. The minimum absolute atomic E-state index is 0.0708. The molecule has 0 aromatic rings. The Bertz CT molecular complexity index is 2140. The molecule has 0 aliphatic rings. The van der Waals surface area contributed by atoms with Gasteiger partial charge >= 0.3 is 5.97 Å². The third-order valence-electron chi connectivity index (χ3n) is 15.3. The number of unbranched alkanes of at least 4 members (excludes halogenated alkanes) is 18. The zero-order valence-corrected chi connectivity index (χ0v) is 63.0. The van der Waals surface area contributed by atoms with Crippen LogP contribution in [-0.2, 0) is 95.3 Å². The zero-order valence-electron chi connectivity index (χ0n) is 60.8. The van der Waals surface area contributed by atoms with Crippen LogP contribution in [0.2, 0.25) is 0 Å². The summed E-state index contributed by atoms with van der Waals surface area (Å²) >= 11 is 1.89. The highest BCUT2D eigenvalue weighted by atomic mass is 127. The number of hydrogen-bond acceptors (Lipinski definition) is 23. The van der Waals surface area contributed by atoms with Gasteiger partial charge in [0.05, 0.1) is 117 Å². The largest absolute Gasteiger partial charge is 0.481 e. The minimum Gasteiger partial charge on any atom is -0.481 e. The molecule has 0 aliphatic heterocycles. The average molecular weight is 1580 g/mol. The molecule has 0 aliphatic carbocycles. The van der Waals surface area contributed by atoms with E-state index in [1.165, 1.54) is 64.2 Å². The highest BCUT2D eigenvalue weighted by Crippen LogP contribution is 2.15. The summed E-state index contributed by atoms with van der Waals surface area (Å²) in [5.74, 6) is -3.11. The Kier molecular flexibility index (Phi) is 70.5. The number of amides is 9. The highest BCUT2D eigenvalue weighted by molar-refractivity contribution is 14.1. The summed E-state index contributed by atoms with van der Waals surface area (Å²) in [7, 11) is 0. The van der Waals surface area contributed by atoms with Gasteiger partial charge in [-0.15, -0.1) is 0 Å². The lowest BCUT2D eigenvalue weighted by molar-refractivity contribution is -0.137. The summed E-state index contributed by atoms with van der Waals surface area (Å²) < 4.78 is 56.4. The van der Waals surface area contributed by atoms with Gasteiger partial charge in [-0.3, -0.25) is 47.9 Å². The van der Waals surface area contributed by atoms with Crippen LogP contribution in [0.3, 0.4) is 0 Å². The van der Waals surface area contributed by atoms with Crippen molar-refractivity contribution in [2.75, 3.05) is 184 Å². The van der Waals surface area contributed by atoms with E-state index in [-0.39, 0.29) is 212 Å². The Balaban J connectivity index is 3.53. The number of carboxylic acid groups (broad SMARTS) is 1. The van der Waals surface area contributed by atoms with E-state index in [2.05, 4.69) is 46.1 Å². The van der Waals surface area contributed by atoms with E-state index in [9.17, 15) is 47.9 Å². The summed E-state index contributed by atoms with van der Waals surface area (Å²) in [5.41, 5.74) is 17.4. The monoisotopic (exact) mass is 1580 g/mol. The van der Waals surface area contributed by atoms with Crippen LogP contribution in [0.1, 0.15) is 173 Å². The first-order chi connectivity index (χ1) is 49.5. The molecule has 33 nitrogen and oxygen atoms in total. The number of nitrogens with one attached hydrogen (secondary N) is 9. The second-order valence-electron chi connectivity index (χ2n) is 24.3. The second kappa shape index (κ2) is 74.2. The quantitative estimate of drug-likeness (QED) is 0.0231. The maximum Gasteiger partial charge on any atom is 0.303 e. The van der Waals surface area contributed by atoms with Crippen LogP contribution in [-0.4, -0.2) is 267 Å². The normalized spacial score (nSPS) is 12.1. The number of aliphatic carboxylic acids is 1. The Labute approximate surface area is 618 Å². The number of ether oxygens (including phenoxy) is 10. The number of rotatable bonds is 78. The molecule has 3 atom stereocenters. The van der Waals surface area contributed by atoms with Gasteiger partial charge in [0.2, 0.25) is 53.2 Å². The molecular weight excluding hydrogens is 1450 g/mol. The van der Waals surface area contributed by atoms with Crippen molar-refractivity contribution in [3.8, 4) is 0 Å². The van der Waals surface area contributed by atoms with E-state index in [1.54, 1.807) is 0 Å². The van der Waals surface area contributed by atoms with Crippen molar-refractivity contribution in [2.24, 2.45) is 17.2 Å². The molecule has 0 saturated heterocycles. The predicted octanol–water partition coefficient (Wildman–Crippen LogP) is 1.15. The van der Waals surface area contributed by atoms with Crippen molar-refractivity contribution in [3.05, 3.63) is 0 Å². The van der Waals surface area contributed by atoms with Gasteiger partial charge in [0, 0.05) is 88.1 Å². The van der Waals surface area contributed by atoms with Crippen molar-refractivity contribution >= 4 is 82.0 Å². The molecule has 16 N–H and O–H groups in total. The Hall–Kier alpha value is -5.09. The van der Waals surface area contributed by atoms with Gasteiger partial charge in [-0.1, -0.05) is 89.9 Å². The maximum absolute atomic E-state index is 12.5. The molecule has 9 amide bonds. The molecule has 34 heteroatoms. The standard InChI is InChI=1S/C68H129IN12O21/c69-81-58(66(72)90)25-19-22-29-74-60(83)51-98-46-41-93-36-31-75-61(84)52-99-47-42-94-37-32-76-62(85)53-100-48-43-95-38-33-77-63(86)54-101-49-44-96-39-34-78-64(87)55-102-50-45-97-40-35-80-68(92)57(71)24-18-21-30-79-67(91)56(70)23-17-20-28-73-59(82)26-15-13-11-9-7-5-3-1-2-4-6-8-10-12-14-16-27-65(88)89/h56-58,81H,1-55,70-71H2,(H2,72,90)(H,73,82)(H,74,83)(H,75,84)(H,76,85)(H,77,86)(H,78,87)(H,79,91)(H,80,92)(H,88,89)/t56-,57-,58-/m0/s1. The van der Waals surface area contributed by atoms with Gasteiger partial charge in [0.15, 0.2) is 0 Å². The van der Waals surface area contributed by atoms with Crippen LogP contribution in [0.5, 0.6) is 0 Å². The molecular formula is C68H129IN12O21.